The van der Waals surface area contributed by atoms with Gasteiger partial charge in [0.1, 0.15) is 27.6 Å². The lowest BCUT2D eigenvalue weighted by atomic mass is 9.64. The zero-order valence-corrected chi connectivity index (χ0v) is 31.7. The van der Waals surface area contributed by atoms with Crippen LogP contribution in [-0.4, -0.2) is 53.3 Å². The molecule has 0 bridgehead atoms. The van der Waals surface area contributed by atoms with Crippen LogP contribution < -0.4 is 22.4 Å². The van der Waals surface area contributed by atoms with Gasteiger partial charge in [-0.2, -0.15) is 39.1 Å². The van der Waals surface area contributed by atoms with E-state index in [1.165, 1.54) is 20.2 Å². The second-order valence-electron chi connectivity index (χ2n) is 12.3. The molecular formula is C36H31BN10O7S2-. The molecule has 7 N–H and O–H groups in total. The first-order chi connectivity index (χ1) is 26.6. The van der Waals surface area contributed by atoms with Crippen molar-refractivity contribution in [1.82, 2.24) is 0 Å². The molecule has 0 saturated heterocycles. The SMILES string of the molecule is CN=Nc1c(C)cc2cc(S(=O)(=O)O)c(N=Nc3cccc([B]c4cccc(N=Nc5c(C)cc6cc(S(=O)[O-])c(N=NC)c(N)c6c5O)c4)c3)c(O)c2c1N. The maximum Gasteiger partial charge on any atom is 0.296 e. The first-order valence-corrected chi connectivity index (χ1v) is 18.9. The van der Waals surface area contributed by atoms with Gasteiger partial charge >= 0.3 is 0 Å². The minimum atomic E-state index is -4.87. The Labute approximate surface area is 322 Å². The summed E-state index contributed by atoms with van der Waals surface area (Å²) < 4.78 is 58.5. The number of anilines is 2. The summed E-state index contributed by atoms with van der Waals surface area (Å²) in [5, 5.41) is 55.3. The molecule has 0 aliphatic heterocycles. The van der Waals surface area contributed by atoms with Gasteiger partial charge in [0.05, 0.1) is 38.4 Å². The normalized spacial score (nSPS) is 13.0. The predicted molar refractivity (Wildman–Crippen MR) is 214 cm³/mol. The van der Waals surface area contributed by atoms with Crippen molar-refractivity contribution < 1.29 is 31.9 Å². The second-order valence-corrected chi connectivity index (χ2v) is 14.6. The minimum absolute atomic E-state index is 0.0395. The molecule has 0 aliphatic carbocycles. The third kappa shape index (κ3) is 7.71. The average molecular weight is 791 g/mol. The molecule has 0 amide bonds. The number of rotatable bonds is 10. The van der Waals surface area contributed by atoms with Gasteiger partial charge in [-0.1, -0.05) is 35.2 Å². The highest BCUT2D eigenvalue weighted by atomic mass is 32.2. The van der Waals surface area contributed by atoms with Crippen LogP contribution in [0.4, 0.5) is 45.5 Å². The van der Waals surface area contributed by atoms with Crippen LogP contribution in [0.15, 0.2) is 124 Å². The summed E-state index contributed by atoms with van der Waals surface area (Å²) in [6.07, 6.45) is 0. The maximum atomic E-state index is 12.4. The smallest absolute Gasteiger partial charge is 0.296 e. The van der Waals surface area contributed by atoms with E-state index in [-0.39, 0.29) is 60.9 Å². The van der Waals surface area contributed by atoms with Gasteiger partial charge in [-0.3, -0.25) is 8.76 Å². The molecule has 0 aliphatic rings. The molecular weight excluding hydrogens is 759 g/mol. The molecule has 0 saturated carbocycles. The van der Waals surface area contributed by atoms with Gasteiger partial charge in [-0.25, -0.2) is 0 Å². The molecule has 1 atom stereocenters. The van der Waals surface area contributed by atoms with Crippen molar-refractivity contribution in [1.29, 1.82) is 0 Å². The quantitative estimate of drug-likeness (QED) is 0.0300. The van der Waals surface area contributed by atoms with E-state index in [0.717, 1.165) is 6.07 Å². The summed E-state index contributed by atoms with van der Waals surface area (Å²) in [6.45, 7) is 3.37. The van der Waals surface area contributed by atoms with Gasteiger partial charge in [0.15, 0.2) is 18.8 Å². The maximum absolute atomic E-state index is 12.4. The molecule has 6 aromatic rings. The first-order valence-electron chi connectivity index (χ1n) is 16.3. The van der Waals surface area contributed by atoms with E-state index < -0.39 is 37.5 Å². The van der Waals surface area contributed by atoms with E-state index in [1.54, 1.807) is 68.4 Å². The van der Waals surface area contributed by atoms with Crippen LogP contribution in [-0.2, 0) is 21.2 Å². The molecule has 0 spiro atoms. The summed E-state index contributed by atoms with van der Waals surface area (Å²) in [5.74, 6) is -0.926. The van der Waals surface area contributed by atoms with Crippen LogP contribution >= 0.6 is 0 Å². The lowest BCUT2D eigenvalue weighted by Crippen LogP contribution is -2.26. The molecule has 20 heteroatoms. The third-order valence-electron chi connectivity index (χ3n) is 8.54. The van der Waals surface area contributed by atoms with Gasteiger partial charge in [-0.05, 0) is 95.4 Å². The molecule has 0 heterocycles. The second kappa shape index (κ2) is 15.7. The van der Waals surface area contributed by atoms with Crippen molar-refractivity contribution in [2.45, 2.75) is 23.6 Å². The van der Waals surface area contributed by atoms with Crippen molar-refractivity contribution in [2.24, 2.45) is 40.9 Å². The number of phenolic OH excluding ortho intramolecular Hbond substituents is 2. The number of hydrogen-bond donors (Lipinski definition) is 5. The van der Waals surface area contributed by atoms with Gasteiger partial charge in [0.25, 0.3) is 10.1 Å². The average Bonchev–Trinajstić information content (AvgIpc) is 3.13. The van der Waals surface area contributed by atoms with E-state index in [2.05, 4.69) is 40.9 Å². The van der Waals surface area contributed by atoms with E-state index in [0.29, 0.717) is 33.1 Å². The van der Waals surface area contributed by atoms with Crippen LogP contribution in [0.5, 0.6) is 11.5 Å². The fourth-order valence-corrected chi connectivity index (χ4v) is 7.29. The summed E-state index contributed by atoms with van der Waals surface area (Å²) in [5.41, 5.74) is 15.5. The summed E-state index contributed by atoms with van der Waals surface area (Å²) in [6, 6.07) is 19.4. The van der Waals surface area contributed by atoms with E-state index >= 15 is 0 Å². The Kier molecular flexibility index (Phi) is 11.0. The highest BCUT2D eigenvalue weighted by molar-refractivity contribution is 7.86. The van der Waals surface area contributed by atoms with Crippen molar-refractivity contribution >= 4 is 106 Å². The Morgan fingerprint density at radius 2 is 1.14 bits per heavy atom. The van der Waals surface area contributed by atoms with Crippen LogP contribution in [0.25, 0.3) is 21.5 Å². The molecule has 283 valence electrons. The molecule has 17 nitrogen and oxygen atoms in total. The minimum Gasteiger partial charge on any atom is -0.768 e. The fourth-order valence-electron chi connectivity index (χ4n) is 6.10. The number of aryl methyl sites for hydroxylation is 2. The molecule has 6 rings (SSSR count). The first kappa shape index (κ1) is 39.2. The van der Waals surface area contributed by atoms with Crippen molar-refractivity contribution in [3.63, 3.8) is 0 Å². The highest BCUT2D eigenvalue weighted by Crippen LogP contribution is 2.48. The number of fused-ring (bicyclic) bond motifs is 2. The Morgan fingerprint density at radius 3 is 1.68 bits per heavy atom. The number of hydrogen-bond acceptors (Lipinski definition) is 16. The van der Waals surface area contributed by atoms with Crippen LogP contribution in [0, 0.1) is 13.8 Å². The molecule has 6 aromatic carbocycles. The summed E-state index contributed by atoms with van der Waals surface area (Å²) >= 11 is -2.66. The topological polar surface area (TPSA) is 286 Å². The Balaban J connectivity index is 1.30. The van der Waals surface area contributed by atoms with E-state index in [4.69, 9.17) is 11.5 Å². The molecule has 0 fully saturated rings. The lowest BCUT2D eigenvalue weighted by Gasteiger charge is -2.15. The highest BCUT2D eigenvalue weighted by Gasteiger charge is 2.25. The van der Waals surface area contributed by atoms with Crippen LogP contribution in [0.3, 0.4) is 0 Å². The van der Waals surface area contributed by atoms with Gasteiger partial charge in [0, 0.05) is 14.1 Å². The van der Waals surface area contributed by atoms with Crippen LogP contribution in [0.1, 0.15) is 11.1 Å². The number of aromatic hydroxyl groups is 2. The molecule has 1 radical (unpaired) electrons. The molecule has 1 unspecified atom stereocenters. The number of nitrogens with zero attached hydrogens (tertiary/aromatic N) is 8. The standard InChI is InChI=1S/C36H32BN10O7S2/c1-17-11-20-14-26(56(52,53)54)34(36(49)28(20)29(38)31(17)44-40-3)47-43-24-10-6-8-22(16-24)37-21-7-5-9-23(15-21)42-46-32-18(2)12-19-13-25(55(50)51)33(45-41-4)30(39)27(19)35(32)48/h5-16,48-49H,38-39H2,1-4H3,(H,50,51)(H,52,53,54)/p-1. The molecule has 0 aromatic heterocycles. The van der Waals surface area contributed by atoms with Gasteiger partial charge in [0.2, 0.25) is 0 Å². The van der Waals surface area contributed by atoms with Gasteiger partial charge in [-0.15, -0.1) is 10.2 Å². The van der Waals surface area contributed by atoms with E-state index in [9.17, 15) is 31.9 Å². The zero-order chi connectivity index (χ0) is 40.5. The largest absolute Gasteiger partial charge is 0.768 e. The number of nitrogens with two attached hydrogens (primary N) is 2. The lowest BCUT2D eigenvalue weighted by molar-refractivity contribution is 0.472. The van der Waals surface area contributed by atoms with Crippen molar-refractivity contribution in [3.05, 3.63) is 83.9 Å². The number of phenols is 2. The molecule has 56 heavy (non-hydrogen) atoms. The van der Waals surface area contributed by atoms with Gasteiger partial charge < -0.3 is 26.2 Å². The summed E-state index contributed by atoms with van der Waals surface area (Å²) in [4.78, 5) is -0.834. The fraction of sp³-hybridized carbons (Fsp3) is 0.111. The van der Waals surface area contributed by atoms with E-state index in [1.807, 2.05) is 13.3 Å². The van der Waals surface area contributed by atoms with Crippen molar-refractivity contribution in [2.75, 3.05) is 25.6 Å². The Morgan fingerprint density at radius 1 is 0.661 bits per heavy atom. The Hall–Kier alpha value is -6.48. The monoisotopic (exact) mass is 790 g/mol. The predicted octanol–water partition coefficient (Wildman–Crippen LogP) is 7.58. The van der Waals surface area contributed by atoms with Crippen LogP contribution in [0.2, 0.25) is 0 Å². The zero-order valence-electron chi connectivity index (χ0n) is 30.0. The summed E-state index contributed by atoms with van der Waals surface area (Å²) in [7, 11) is -0.240. The number of nitrogen functional groups attached to an aromatic ring is 2. The number of azo groups is 4. The Bertz CT molecular complexity index is 2850. The third-order valence-corrected chi connectivity index (χ3v) is 10.1. The van der Waals surface area contributed by atoms with Crippen molar-refractivity contribution in [3.8, 4) is 11.5 Å². The number of benzene rings is 6.